The number of hydrogen-bond donors (Lipinski definition) is 0. The van der Waals surface area contributed by atoms with E-state index in [9.17, 15) is 10.1 Å². The van der Waals surface area contributed by atoms with Crippen molar-refractivity contribution >= 4 is 28.3 Å². The van der Waals surface area contributed by atoms with E-state index in [0.29, 0.717) is 10.1 Å². The molecule has 0 spiro atoms. The second-order valence-electron chi connectivity index (χ2n) is 3.30. The summed E-state index contributed by atoms with van der Waals surface area (Å²) < 4.78 is 5.77. The van der Waals surface area contributed by atoms with Crippen LogP contribution in [0.3, 0.4) is 0 Å². The summed E-state index contributed by atoms with van der Waals surface area (Å²) in [5.74, 6) is 0.575. The van der Waals surface area contributed by atoms with Crippen molar-refractivity contribution in [1.29, 1.82) is 0 Å². The first-order valence-electron chi connectivity index (χ1n) is 4.54. The van der Waals surface area contributed by atoms with Crippen LogP contribution in [-0.4, -0.2) is 34.8 Å². The van der Waals surface area contributed by atoms with Gasteiger partial charge in [-0.3, -0.25) is 10.1 Å². The van der Waals surface area contributed by atoms with Crippen LogP contribution in [0.4, 0.5) is 0 Å². The average molecular weight is 260 g/mol. The normalized spacial score (nSPS) is 12.1. The highest BCUT2D eigenvalue weighted by Crippen LogP contribution is 2.31. The zero-order valence-electron chi connectivity index (χ0n) is 8.95. The molecule has 0 saturated heterocycles. The number of thiocarbonyl (C=S) groups is 1. The van der Waals surface area contributed by atoms with Gasteiger partial charge in [-0.25, -0.2) is 0 Å². The molecule has 0 aliphatic rings. The molecule has 0 bridgehead atoms. The van der Waals surface area contributed by atoms with E-state index in [-0.39, 0.29) is 16.7 Å². The smallest absolute Gasteiger partial charge is 0.223 e. The Morgan fingerprint density at radius 3 is 2.88 bits per heavy atom. The van der Waals surface area contributed by atoms with Gasteiger partial charge in [-0.1, -0.05) is 24.0 Å². The van der Waals surface area contributed by atoms with Crippen LogP contribution >= 0.6 is 24.0 Å². The first-order valence-corrected chi connectivity index (χ1v) is 5.82. The summed E-state index contributed by atoms with van der Waals surface area (Å²) in [7, 11) is 3.61. The summed E-state index contributed by atoms with van der Waals surface area (Å²) in [6.07, 6.45) is 1.50. The van der Waals surface area contributed by atoms with Gasteiger partial charge in [0, 0.05) is 19.0 Å². The molecule has 0 fully saturated rings. The third kappa shape index (κ3) is 3.82. The standard InChI is InChI=1S/C9H12N2O3S2/c1-10(2)9(15)16-8(6-11(12)13)7-4-3-5-14-7/h3-5,8H,6H2,1-2H3. The van der Waals surface area contributed by atoms with Gasteiger partial charge in [-0.05, 0) is 12.1 Å². The molecule has 1 atom stereocenters. The van der Waals surface area contributed by atoms with Crippen molar-refractivity contribution in [3.05, 3.63) is 34.3 Å². The lowest BCUT2D eigenvalue weighted by atomic mass is 10.3. The Hall–Kier alpha value is -1.08. The molecule has 1 aromatic heterocycles. The Bertz CT molecular complexity index is 365. The van der Waals surface area contributed by atoms with Gasteiger partial charge < -0.3 is 9.32 Å². The lowest BCUT2D eigenvalue weighted by Gasteiger charge is -2.16. The Kier molecular flexibility index (Phi) is 4.75. The molecule has 0 saturated carbocycles. The first kappa shape index (κ1) is 13.0. The number of rotatable bonds is 4. The van der Waals surface area contributed by atoms with E-state index >= 15 is 0 Å². The monoisotopic (exact) mass is 260 g/mol. The summed E-state index contributed by atoms with van der Waals surface area (Å²) in [4.78, 5) is 11.9. The second kappa shape index (κ2) is 5.86. The average Bonchev–Trinajstić information content (AvgIpc) is 2.68. The largest absolute Gasteiger partial charge is 0.468 e. The van der Waals surface area contributed by atoms with Gasteiger partial charge in [0.1, 0.15) is 15.3 Å². The van der Waals surface area contributed by atoms with Gasteiger partial charge in [0.25, 0.3) is 0 Å². The van der Waals surface area contributed by atoms with Crippen LogP contribution in [0.15, 0.2) is 22.8 Å². The zero-order valence-corrected chi connectivity index (χ0v) is 10.6. The predicted octanol–water partition coefficient (Wildman–Crippen LogP) is 2.18. The van der Waals surface area contributed by atoms with Gasteiger partial charge in [-0.2, -0.15) is 0 Å². The van der Waals surface area contributed by atoms with Gasteiger partial charge in [-0.15, -0.1) is 0 Å². The van der Waals surface area contributed by atoms with Gasteiger partial charge in [0.2, 0.25) is 6.54 Å². The van der Waals surface area contributed by atoms with Crippen molar-refractivity contribution in [2.45, 2.75) is 5.25 Å². The lowest BCUT2D eigenvalue weighted by Crippen LogP contribution is -2.19. The van der Waals surface area contributed by atoms with Crippen LogP contribution in [0.1, 0.15) is 11.0 Å². The molecule has 0 aliphatic carbocycles. The molecule has 7 heteroatoms. The van der Waals surface area contributed by atoms with E-state index in [1.54, 1.807) is 31.1 Å². The number of nitro groups is 1. The highest BCUT2D eigenvalue weighted by atomic mass is 32.2. The fraction of sp³-hybridized carbons (Fsp3) is 0.444. The van der Waals surface area contributed by atoms with E-state index in [2.05, 4.69) is 0 Å². The minimum Gasteiger partial charge on any atom is -0.468 e. The maximum absolute atomic E-state index is 10.5. The Morgan fingerprint density at radius 1 is 1.75 bits per heavy atom. The minimum atomic E-state index is -0.375. The number of hydrogen-bond acceptors (Lipinski definition) is 5. The van der Waals surface area contributed by atoms with Crippen LogP contribution in [0.5, 0.6) is 0 Å². The fourth-order valence-corrected chi connectivity index (χ4v) is 2.27. The van der Waals surface area contributed by atoms with Crippen LogP contribution in [0.25, 0.3) is 0 Å². The molecule has 5 nitrogen and oxygen atoms in total. The van der Waals surface area contributed by atoms with Gasteiger partial charge >= 0.3 is 0 Å². The summed E-state index contributed by atoms with van der Waals surface area (Å²) in [5, 5.41) is 10.2. The predicted molar refractivity (Wildman–Crippen MR) is 67.2 cm³/mol. The Labute approximate surface area is 103 Å². The molecular weight excluding hydrogens is 248 g/mol. The third-order valence-electron chi connectivity index (χ3n) is 1.78. The molecule has 88 valence electrons. The Morgan fingerprint density at radius 2 is 2.44 bits per heavy atom. The highest BCUT2D eigenvalue weighted by Gasteiger charge is 2.23. The molecule has 0 amide bonds. The first-order chi connectivity index (χ1) is 7.50. The Balaban J connectivity index is 2.72. The summed E-state index contributed by atoms with van der Waals surface area (Å²) >= 11 is 6.37. The highest BCUT2D eigenvalue weighted by molar-refractivity contribution is 8.23. The quantitative estimate of drug-likeness (QED) is 0.470. The van der Waals surface area contributed by atoms with E-state index in [0.717, 1.165) is 0 Å². The molecule has 1 rings (SSSR count). The van der Waals surface area contributed by atoms with Crippen molar-refractivity contribution in [1.82, 2.24) is 4.90 Å². The van der Waals surface area contributed by atoms with Crippen molar-refractivity contribution < 1.29 is 9.34 Å². The lowest BCUT2D eigenvalue weighted by molar-refractivity contribution is -0.480. The molecule has 0 radical (unpaired) electrons. The van der Waals surface area contributed by atoms with Crippen molar-refractivity contribution in [2.24, 2.45) is 0 Å². The summed E-state index contributed by atoms with van der Waals surface area (Å²) in [6.45, 7) is -0.202. The van der Waals surface area contributed by atoms with E-state index in [4.69, 9.17) is 16.6 Å². The van der Waals surface area contributed by atoms with Gasteiger partial charge in [0.15, 0.2) is 0 Å². The van der Waals surface area contributed by atoms with Gasteiger partial charge in [0.05, 0.1) is 6.26 Å². The van der Waals surface area contributed by atoms with E-state index in [1.165, 1.54) is 18.0 Å². The molecule has 1 heterocycles. The zero-order chi connectivity index (χ0) is 12.1. The summed E-state index contributed by atoms with van der Waals surface area (Å²) in [6, 6.07) is 3.43. The van der Waals surface area contributed by atoms with Crippen molar-refractivity contribution in [3.8, 4) is 0 Å². The van der Waals surface area contributed by atoms with Crippen LogP contribution in [0, 0.1) is 10.1 Å². The number of furan rings is 1. The maximum atomic E-state index is 10.5. The van der Waals surface area contributed by atoms with E-state index in [1.807, 2.05) is 0 Å². The van der Waals surface area contributed by atoms with Crippen molar-refractivity contribution in [2.75, 3.05) is 20.6 Å². The van der Waals surface area contributed by atoms with Crippen LogP contribution in [0.2, 0.25) is 0 Å². The molecule has 0 aromatic carbocycles. The number of thioether (sulfide) groups is 1. The van der Waals surface area contributed by atoms with Crippen LogP contribution in [-0.2, 0) is 0 Å². The molecule has 0 aliphatic heterocycles. The topological polar surface area (TPSA) is 59.5 Å². The fourth-order valence-electron chi connectivity index (χ4n) is 1.02. The maximum Gasteiger partial charge on any atom is 0.223 e. The van der Waals surface area contributed by atoms with Crippen molar-refractivity contribution in [3.63, 3.8) is 0 Å². The molecule has 1 unspecified atom stereocenters. The third-order valence-corrected chi connectivity index (χ3v) is 3.67. The SMILES string of the molecule is CN(C)C(=S)SC(C[N+](=O)[O-])c1ccco1. The molecular formula is C9H12N2O3S2. The second-order valence-corrected chi connectivity index (χ2v) is 5.13. The molecule has 16 heavy (non-hydrogen) atoms. The van der Waals surface area contributed by atoms with E-state index < -0.39 is 0 Å². The van der Waals surface area contributed by atoms with Crippen LogP contribution < -0.4 is 0 Å². The molecule has 1 aromatic rings. The molecule has 0 N–H and O–H groups in total. The summed E-state index contributed by atoms with van der Waals surface area (Å²) in [5.41, 5.74) is 0. The minimum absolute atomic E-state index is 0.202. The number of nitrogens with zero attached hydrogens (tertiary/aromatic N) is 2.